The van der Waals surface area contributed by atoms with E-state index >= 15 is 0 Å². The topological polar surface area (TPSA) is 30.5 Å². The lowest BCUT2D eigenvalue weighted by Crippen LogP contribution is -2.28. The number of rotatable bonds is 8. The van der Waals surface area contributed by atoms with Crippen molar-refractivity contribution in [3.63, 3.8) is 0 Å². The first-order chi connectivity index (χ1) is 10.3. The minimum absolute atomic E-state index is 0.0944. The average molecular weight is 295 g/mol. The van der Waals surface area contributed by atoms with E-state index in [1.54, 1.807) is 19.2 Å². The van der Waals surface area contributed by atoms with E-state index in [9.17, 15) is 4.39 Å². The molecule has 21 heavy (non-hydrogen) atoms. The van der Waals surface area contributed by atoms with Crippen molar-refractivity contribution in [1.82, 2.24) is 5.32 Å². The van der Waals surface area contributed by atoms with Crippen LogP contribution in [0.15, 0.2) is 24.3 Å². The molecular formula is C17H26FNO2. The fraction of sp³-hybridized carbons (Fsp3) is 0.647. The minimum atomic E-state index is -0.0944. The summed E-state index contributed by atoms with van der Waals surface area (Å²) in [6.45, 7) is 3.95. The molecule has 0 saturated carbocycles. The summed E-state index contributed by atoms with van der Waals surface area (Å²) >= 11 is 0. The van der Waals surface area contributed by atoms with Crippen LogP contribution in [-0.4, -0.2) is 40.0 Å². The molecule has 3 nitrogen and oxygen atoms in total. The van der Waals surface area contributed by atoms with Crippen LogP contribution >= 0.6 is 0 Å². The third-order valence-corrected chi connectivity index (χ3v) is 4.18. The fourth-order valence-corrected chi connectivity index (χ4v) is 2.96. The highest BCUT2D eigenvalue weighted by Gasteiger charge is 2.22. The molecule has 1 N–H and O–H groups in total. The van der Waals surface area contributed by atoms with E-state index in [-0.39, 0.29) is 11.7 Å². The van der Waals surface area contributed by atoms with E-state index in [0.29, 0.717) is 12.5 Å². The summed E-state index contributed by atoms with van der Waals surface area (Å²) < 4.78 is 24.6. The molecule has 1 unspecified atom stereocenters. The van der Waals surface area contributed by atoms with Gasteiger partial charge in [-0.1, -0.05) is 18.2 Å². The molecule has 0 aromatic heterocycles. The van der Waals surface area contributed by atoms with Crippen molar-refractivity contribution in [3.05, 3.63) is 35.6 Å². The van der Waals surface area contributed by atoms with Crippen LogP contribution in [0.4, 0.5) is 4.39 Å². The molecule has 1 atom stereocenters. The molecule has 0 spiro atoms. The summed E-state index contributed by atoms with van der Waals surface area (Å²) in [5.41, 5.74) is 0.828. The van der Waals surface area contributed by atoms with Crippen LogP contribution in [0.1, 0.15) is 30.7 Å². The zero-order valence-electron chi connectivity index (χ0n) is 12.8. The Morgan fingerprint density at radius 2 is 2.10 bits per heavy atom. The van der Waals surface area contributed by atoms with Crippen molar-refractivity contribution in [2.45, 2.75) is 25.2 Å². The van der Waals surface area contributed by atoms with E-state index in [0.717, 1.165) is 51.1 Å². The van der Waals surface area contributed by atoms with Gasteiger partial charge in [-0.25, -0.2) is 4.39 Å². The highest BCUT2D eigenvalue weighted by molar-refractivity contribution is 5.22. The van der Waals surface area contributed by atoms with Gasteiger partial charge < -0.3 is 14.8 Å². The summed E-state index contributed by atoms with van der Waals surface area (Å²) in [6, 6.07) is 7.14. The Bertz CT molecular complexity index is 408. The largest absolute Gasteiger partial charge is 0.383 e. The quantitative estimate of drug-likeness (QED) is 0.748. The van der Waals surface area contributed by atoms with Crippen molar-refractivity contribution in [2.24, 2.45) is 5.92 Å². The lowest BCUT2D eigenvalue weighted by Gasteiger charge is -2.27. The Morgan fingerprint density at radius 3 is 2.81 bits per heavy atom. The van der Waals surface area contributed by atoms with E-state index in [4.69, 9.17) is 9.47 Å². The third-order valence-electron chi connectivity index (χ3n) is 4.18. The van der Waals surface area contributed by atoms with Crippen molar-refractivity contribution in [1.29, 1.82) is 0 Å². The van der Waals surface area contributed by atoms with E-state index in [1.165, 1.54) is 0 Å². The first kappa shape index (κ1) is 16.4. The molecule has 1 aromatic rings. The summed E-state index contributed by atoms with van der Waals surface area (Å²) in [6.07, 6.45) is 3.19. The Hall–Kier alpha value is -0.970. The molecule has 0 aliphatic carbocycles. The van der Waals surface area contributed by atoms with E-state index in [2.05, 4.69) is 5.32 Å². The van der Waals surface area contributed by atoms with Crippen LogP contribution in [-0.2, 0) is 9.47 Å². The zero-order valence-corrected chi connectivity index (χ0v) is 12.8. The normalized spacial score (nSPS) is 17.8. The van der Waals surface area contributed by atoms with Gasteiger partial charge in [0.1, 0.15) is 5.82 Å². The van der Waals surface area contributed by atoms with Crippen molar-refractivity contribution in [2.75, 3.05) is 40.0 Å². The van der Waals surface area contributed by atoms with Crippen molar-refractivity contribution < 1.29 is 13.9 Å². The van der Waals surface area contributed by atoms with Gasteiger partial charge in [0.05, 0.1) is 6.61 Å². The molecule has 0 bridgehead atoms. The SMILES string of the molecule is COCCNCC(CC1CCOCC1)c1ccccc1F. The minimum Gasteiger partial charge on any atom is -0.383 e. The van der Waals surface area contributed by atoms with Gasteiger partial charge in [-0.15, -0.1) is 0 Å². The molecular weight excluding hydrogens is 269 g/mol. The van der Waals surface area contributed by atoms with E-state index < -0.39 is 0 Å². The predicted octanol–water partition coefficient (Wildman–Crippen LogP) is 2.96. The molecule has 1 fully saturated rings. The standard InChI is InChI=1S/C17H26FNO2/c1-20-11-8-19-13-15(12-14-6-9-21-10-7-14)16-4-2-3-5-17(16)18/h2-5,14-15,19H,6-13H2,1H3. The fourth-order valence-electron chi connectivity index (χ4n) is 2.96. The van der Waals surface area contributed by atoms with Crippen LogP contribution < -0.4 is 5.32 Å². The van der Waals surface area contributed by atoms with Crippen molar-refractivity contribution in [3.8, 4) is 0 Å². The maximum Gasteiger partial charge on any atom is 0.126 e. The molecule has 1 aliphatic rings. The molecule has 2 rings (SSSR count). The van der Waals surface area contributed by atoms with Gasteiger partial charge >= 0.3 is 0 Å². The monoisotopic (exact) mass is 295 g/mol. The molecule has 0 radical (unpaired) electrons. The van der Waals surface area contributed by atoms with Gasteiger partial charge in [0.15, 0.2) is 0 Å². The Morgan fingerprint density at radius 1 is 1.33 bits per heavy atom. The number of halogens is 1. The molecule has 1 aliphatic heterocycles. The second-order valence-corrected chi connectivity index (χ2v) is 5.71. The van der Waals surface area contributed by atoms with Gasteiger partial charge in [-0.3, -0.25) is 0 Å². The predicted molar refractivity (Wildman–Crippen MR) is 82.0 cm³/mol. The lowest BCUT2D eigenvalue weighted by molar-refractivity contribution is 0.0615. The second kappa shape index (κ2) is 9.13. The molecule has 1 aromatic carbocycles. The lowest BCUT2D eigenvalue weighted by atomic mass is 9.84. The summed E-state index contributed by atoms with van der Waals surface area (Å²) in [4.78, 5) is 0. The maximum atomic E-state index is 14.1. The maximum absolute atomic E-state index is 14.1. The highest BCUT2D eigenvalue weighted by Crippen LogP contribution is 2.30. The first-order valence-electron chi connectivity index (χ1n) is 7.83. The van der Waals surface area contributed by atoms with Crippen LogP contribution in [0.25, 0.3) is 0 Å². The Balaban J connectivity index is 1.97. The average Bonchev–Trinajstić information content (AvgIpc) is 2.52. The smallest absolute Gasteiger partial charge is 0.126 e. The van der Waals surface area contributed by atoms with Crippen molar-refractivity contribution >= 4 is 0 Å². The third kappa shape index (κ3) is 5.38. The van der Waals surface area contributed by atoms with Crippen LogP contribution in [0.2, 0.25) is 0 Å². The van der Waals surface area contributed by atoms with Gasteiger partial charge in [-0.2, -0.15) is 0 Å². The van der Waals surface area contributed by atoms with Crippen LogP contribution in [0, 0.1) is 11.7 Å². The van der Waals surface area contributed by atoms with Crippen LogP contribution in [0.5, 0.6) is 0 Å². The number of hydrogen-bond acceptors (Lipinski definition) is 3. The number of nitrogens with one attached hydrogen (secondary N) is 1. The highest BCUT2D eigenvalue weighted by atomic mass is 19.1. The second-order valence-electron chi connectivity index (χ2n) is 5.71. The molecule has 0 amide bonds. The summed E-state index contributed by atoms with van der Waals surface area (Å²) in [7, 11) is 1.69. The molecule has 1 heterocycles. The van der Waals surface area contributed by atoms with Gasteiger partial charge in [0.25, 0.3) is 0 Å². The van der Waals surface area contributed by atoms with Gasteiger partial charge in [0, 0.05) is 33.4 Å². The zero-order chi connectivity index (χ0) is 14.9. The molecule has 118 valence electrons. The first-order valence-corrected chi connectivity index (χ1v) is 7.83. The number of methoxy groups -OCH3 is 1. The Kier molecular flexibility index (Phi) is 7.13. The van der Waals surface area contributed by atoms with E-state index in [1.807, 2.05) is 12.1 Å². The van der Waals surface area contributed by atoms with Gasteiger partial charge in [-0.05, 0) is 42.7 Å². The summed E-state index contributed by atoms with van der Waals surface area (Å²) in [5, 5.41) is 3.38. The Labute approximate surface area is 126 Å². The molecule has 4 heteroatoms. The number of ether oxygens (including phenoxy) is 2. The number of benzene rings is 1. The van der Waals surface area contributed by atoms with Gasteiger partial charge in [0.2, 0.25) is 0 Å². The van der Waals surface area contributed by atoms with Crippen LogP contribution in [0.3, 0.4) is 0 Å². The molecule has 1 saturated heterocycles. The summed E-state index contributed by atoms with van der Waals surface area (Å²) in [5.74, 6) is 0.752. The number of hydrogen-bond donors (Lipinski definition) is 1.